The van der Waals surface area contributed by atoms with Gasteiger partial charge < -0.3 is 0 Å². The number of fused-ring (bicyclic) bond motifs is 3. The van der Waals surface area contributed by atoms with Crippen molar-refractivity contribution in [3.8, 4) is 22.3 Å². The second kappa shape index (κ2) is 7.75. The molecule has 0 spiro atoms. The van der Waals surface area contributed by atoms with Crippen LogP contribution in [0.15, 0.2) is 127 Å². The monoisotopic (exact) mass is 520 g/mol. The van der Waals surface area contributed by atoms with E-state index < -0.39 is 0 Å². The Morgan fingerprint density at radius 1 is 0.438 bits per heavy atom. The van der Waals surface area contributed by atoms with Gasteiger partial charge >= 0.3 is 0 Å². The van der Waals surface area contributed by atoms with Gasteiger partial charge in [0, 0.05) is 3.57 Å². The molecule has 0 saturated carbocycles. The third-order valence-corrected chi connectivity index (χ3v) is 7.36. The predicted molar refractivity (Wildman–Crippen MR) is 142 cm³/mol. The molecular formula is C31H21I. The van der Waals surface area contributed by atoms with Crippen LogP contribution >= 0.6 is 22.6 Å². The van der Waals surface area contributed by atoms with E-state index in [0.717, 1.165) is 0 Å². The van der Waals surface area contributed by atoms with Crippen molar-refractivity contribution in [2.24, 2.45) is 0 Å². The summed E-state index contributed by atoms with van der Waals surface area (Å²) in [6.07, 6.45) is 0. The van der Waals surface area contributed by atoms with Crippen LogP contribution in [0.4, 0.5) is 0 Å². The van der Waals surface area contributed by atoms with E-state index in [9.17, 15) is 0 Å². The lowest BCUT2D eigenvalue weighted by Gasteiger charge is -2.34. The molecular weight excluding hydrogens is 499 g/mol. The van der Waals surface area contributed by atoms with Gasteiger partial charge in [-0.3, -0.25) is 0 Å². The molecule has 0 nitrogen and oxygen atoms in total. The molecule has 1 heteroatoms. The van der Waals surface area contributed by atoms with Crippen LogP contribution in [0.1, 0.15) is 22.3 Å². The van der Waals surface area contributed by atoms with E-state index in [-0.39, 0.29) is 5.41 Å². The van der Waals surface area contributed by atoms with Crippen molar-refractivity contribution in [3.63, 3.8) is 0 Å². The average Bonchev–Trinajstić information content (AvgIpc) is 3.16. The molecule has 0 aliphatic heterocycles. The fraction of sp³-hybridized carbons (Fsp3) is 0.0323. The first-order valence-corrected chi connectivity index (χ1v) is 12.0. The molecule has 152 valence electrons. The molecule has 0 unspecified atom stereocenters. The summed E-state index contributed by atoms with van der Waals surface area (Å²) in [6.45, 7) is 0. The highest BCUT2D eigenvalue weighted by molar-refractivity contribution is 14.1. The molecule has 0 heterocycles. The zero-order valence-electron chi connectivity index (χ0n) is 17.5. The minimum atomic E-state index is -0.340. The Morgan fingerprint density at radius 2 is 0.969 bits per heavy atom. The molecule has 0 atom stereocenters. The minimum absolute atomic E-state index is 0.340. The quantitative estimate of drug-likeness (QED) is 0.206. The molecule has 5 aromatic carbocycles. The van der Waals surface area contributed by atoms with Gasteiger partial charge in [0.2, 0.25) is 0 Å². The Kier molecular flexibility index (Phi) is 4.73. The van der Waals surface area contributed by atoms with Crippen LogP contribution in [-0.2, 0) is 5.41 Å². The van der Waals surface area contributed by atoms with Gasteiger partial charge in [-0.05, 0) is 85.3 Å². The van der Waals surface area contributed by atoms with Crippen LogP contribution in [0, 0.1) is 3.57 Å². The molecule has 1 aliphatic rings. The lowest BCUT2D eigenvalue weighted by molar-refractivity contribution is 0.769. The topological polar surface area (TPSA) is 0 Å². The van der Waals surface area contributed by atoms with Crippen LogP contribution in [-0.4, -0.2) is 0 Å². The number of benzene rings is 5. The van der Waals surface area contributed by atoms with E-state index in [4.69, 9.17) is 0 Å². The van der Waals surface area contributed by atoms with Gasteiger partial charge in [-0.25, -0.2) is 0 Å². The largest absolute Gasteiger partial charge is 0.0713 e. The van der Waals surface area contributed by atoms with Gasteiger partial charge in [-0.1, -0.05) is 109 Å². The predicted octanol–water partition coefficient (Wildman–Crippen LogP) is 8.32. The number of hydrogen-bond acceptors (Lipinski definition) is 0. The molecule has 0 fully saturated rings. The molecule has 5 aromatic rings. The maximum absolute atomic E-state index is 2.41. The summed E-state index contributed by atoms with van der Waals surface area (Å²) in [4.78, 5) is 0. The lowest BCUT2D eigenvalue weighted by Crippen LogP contribution is -2.28. The first-order chi connectivity index (χ1) is 15.8. The fourth-order valence-electron chi connectivity index (χ4n) is 5.27. The number of hydrogen-bond donors (Lipinski definition) is 0. The summed E-state index contributed by atoms with van der Waals surface area (Å²) in [5.74, 6) is 0. The highest BCUT2D eigenvalue weighted by Crippen LogP contribution is 2.56. The summed E-state index contributed by atoms with van der Waals surface area (Å²) in [7, 11) is 0. The van der Waals surface area contributed by atoms with Crippen molar-refractivity contribution < 1.29 is 0 Å². The third kappa shape index (κ3) is 2.88. The summed E-state index contributed by atoms with van der Waals surface area (Å²) < 4.78 is 1.25. The zero-order chi connectivity index (χ0) is 21.5. The van der Waals surface area contributed by atoms with Gasteiger partial charge in [-0.15, -0.1) is 0 Å². The van der Waals surface area contributed by atoms with Gasteiger partial charge in [0.25, 0.3) is 0 Å². The first kappa shape index (κ1) is 19.5. The number of rotatable bonds is 3. The van der Waals surface area contributed by atoms with Crippen molar-refractivity contribution in [1.29, 1.82) is 0 Å². The molecule has 6 rings (SSSR count). The molecule has 0 radical (unpaired) electrons. The smallest absolute Gasteiger partial charge is 0.0622 e. The SMILES string of the molecule is Ic1ccc(-c2ccc3c(c2)C(c2ccccc2)(c2ccccc2)c2ccccc2-3)cc1. The zero-order valence-corrected chi connectivity index (χ0v) is 19.7. The average molecular weight is 520 g/mol. The Labute approximate surface area is 202 Å². The van der Waals surface area contributed by atoms with Gasteiger partial charge in [0.1, 0.15) is 0 Å². The molecule has 0 amide bonds. The molecule has 0 N–H and O–H groups in total. The second-order valence-electron chi connectivity index (χ2n) is 8.29. The van der Waals surface area contributed by atoms with Gasteiger partial charge in [-0.2, -0.15) is 0 Å². The molecule has 1 aliphatic carbocycles. The first-order valence-electron chi connectivity index (χ1n) is 10.9. The van der Waals surface area contributed by atoms with E-state index in [1.54, 1.807) is 0 Å². The van der Waals surface area contributed by atoms with Gasteiger partial charge in [0.05, 0.1) is 5.41 Å². The molecule has 0 aromatic heterocycles. The standard InChI is InChI=1S/C31H21I/c32-26-18-15-22(16-19-26)23-17-20-28-27-13-7-8-14-29(27)31(30(28)21-23,24-9-3-1-4-10-24)25-11-5-2-6-12-25/h1-21H. The third-order valence-electron chi connectivity index (χ3n) is 6.64. The Hall–Kier alpha value is -3.17. The molecule has 32 heavy (non-hydrogen) atoms. The Bertz CT molecular complexity index is 1360. The van der Waals surface area contributed by atoms with Crippen molar-refractivity contribution in [3.05, 3.63) is 153 Å². The number of halogens is 1. The van der Waals surface area contributed by atoms with Crippen molar-refractivity contribution in [1.82, 2.24) is 0 Å². The lowest BCUT2D eigenvalue weighted by atomic mass is 9.67. The van der Waals surface area contributed by atoms with Crippen LogP contribution < -0.4 is 0 Å². The van der Waals surface area contributed by atoms with E-state index in [2.05, 4.69) is 150 Å². The summed E-state index contributed by atoms with van der Waals surface area (Å²) in [5, 5.41) is 0. The van der Waals surface area contributed by atoms with Gasteiger partial charge in [0.15, 0.2) is 0 Å². The summed E-state index contributed by atoms with van der Waals surface area (Å²) in [6, 6.07) is 46.6. The molecule has 0 saturated heterocycles. The second-order valence-corrected chi connectivity index (χ2v) is 9.54. The van der Waals surface area contributed by atoms with Crippen LogP contribution in [0.2, 0.25) is 0 Å². The highest BCUT2D eigenvalue weighted by atomic mass is 127. The Balaban J connectivity index is 1.72. The van der Waals surface area contributed by atoms with Crippen molar-refractivity contribution >= 4 is 22.6 Å². The van der Waals surface area contributed by atoms with E-state index in [1.807, 2.05) is 0 Å². The normalized spacial score (nSPS) is 13.4. The summed E-state index contributed by atoms with van der Waals surface area (Å²) in [5.41, 5.74) is 10.1. The molecule has 0 bridgehead atoms. The van der Waals surface area contributed by atoms with E-state index in [0.29, 0.717) is 0 Å². The van der Waals surface area contributed by atoms with Crippen LogP contribution in [0.5, 0.6) is 0 Å². The Morgan fingerprint density at radius 3 is 1.62 bits per heavy atom. The minimum Gasteiger partial charge on any atom is -0.0622 e. The van der Waals surface area contributed by atoms with Crippen molar-refractivity contribution in [2.45, 2.75) is 5.41 Å². The van der Waals surface area contributed by atoms with Crippen LogP contribution in [0.25, 0.3) is 22.3 Å². The van der Waals surface area contributed by atoms with Crippen LogP contribution in [0.3, 0.4) is 0 Å². The maximum atomic E-state index is 2.41. The fourth-order valence-corrected chi connectivity index (χ4v) is 5.63. The summed E-state index contributed by atoms with van der Waals surface area (Å²) >= 11 is 2.37. The van der Waals surface area contributed by atoms with Crippen molar-refractivity contribution in [2.75, 3.05) is 0 Å². The van der Waals surface area contributed by atoms with E-state index >= 15 is 0 Å². The maximum Gasteiger partial charge on any atom is 0.0713 e. The van der Waals surface area contributed by atoms with E-state index in [1.165, 1.54) is 48.1 Å². The highest BCUT2D eigenvalue weighted by Gasteiger charge is 2.45.